The van der Waals surface area contributed by atoms with Gasteiger partial charge in [-0.05, 0) is 69.6 Å². The Kier molecular flexibility index (Phi) is 9.38. The van der Waals surface area contributed by atoms with Crippen LogP contribution in [-0.2, 0) is 30.9 Å². The SMILES string of the molecule is O=C(NCCCN1CCC(Cc2ccccc2)CC1)[C@@H]1CCCN(S(=O)(=O)N2CCC3(CC2)OCCO3)C1. The second-order valence-electron chi connectivity index (χ2n) is 11.3. The van der Waals surface area contributed by atoms with Gasteiger partial charge >= 0.3 is 0 Å². The standard InChI is InChI=1S/C28H44N4O5S/c33-27(29-13-5-14-30-16-9-25(10-17-30)22-24-6-2-1-3-7-24)26-8-4-15-32(23-26)38(34,35)31-18-11-28(12-19-31)36-20-21-37-28/h1-3,6-7,25-26H,4-5,8-23H2,(H,29,33)/t26-/m1/s1. The molecule has 0 radical (unpaired) electrons. The highest BCUT2D eigenvalue weighted by molar-refractivity contribution is 7.86. The first-order chi connectivity index (χ1) is 18.4. The summed E-state index contributed by atoms with van der Waals surface area (Å²) in [6.07, 6.45) is 7.08. The normalized spacial score (nSPS) is 26.1. The number of ether oxygens (including phenoxy) is 2. The highest BCUT2D eigenvalue weighted by Crippen LogP contribution is 2.33. The van der Waals surface area contributed by atoms with Gasteiger partial charge in [0.2, 0.25) is 5.91 Å². The van der Waals surface area contributed by atoms with Crippen LogP contribution >= 0.6 is 0 Å². The van der Waals surface area contributed by atoms with E-state index in [4.69, 9.17) is 9.47 Å². The number of benzene rings is 1. The lowest BCUT2D eigenvalue weighted by Crippen LogP contribution is -2.54. The van der Waals surface area contributed by atoms with Gasteiger partial charge in [-0.1, -0.05) is 30.3 Å². The number of nitrogens with one attached hydrogen (secondary N) is 1. The van der Waals surface area contributed by atoms with E-state index in [0.29, 0.717) is 58.7 Å². The number of carbonyl (C=O) groups is 1. The molecule has 212 valence electrons. The van der Waals surface area contributed by atoms with E-state index in [2.05, 4.69) is 40.5 Å². The summed E-state index contributed by atoms with van der Waals surface area (Å²) in [7, 11) is -3.59. The molecule has 1 N–H and O–H groups in total. The maximum Gasteiger partial charge on any atom is 0.282 e. The maximum absolute atomic E-state index is 13.3. The maximum atomic E-state index is 13.3. The van der Waals surface area contributed by atoms with Gasteiger partial charge in [-0.3, -0.25) is 4.79 Å². The molecule has 38 heavy (non-hydrogen) atoms. The third-order valence-corrected chi connectivity index (χ3v) is 10.7. The van der Waals surface area contributed by atoms with Crippen LogP contribution in [-0.4, -0.2) is 99.2 Å². The summed E-state index contributed by atoms with van der Waals surface area (Å²) in [6, 6.07) is 10.8. The molecule has 0 saturated carbocycles. The van der Waals surface area contributed by atoms with E-state index in [9.17, 15) is 13.2 Å². The quantitative estimate of drug-likeness (QED) is 0.476. The Hall–Kier alpha value is -1.56. The smallest absolute Gasteiger partial charge is 0.282 e. The fourth-order valence-electron chi connectivity index (χ4n) is 6.39. The molecule has 0 unspecified atom stereocenters. The summed E-state index contributed by atoms with van der Waals surface area (Å²) in [5.41, 5.74) is 1.43. The molecule has 4 heterocycles. The van der Waals surface area contributed by atoms with Crippen LogP contribution in [0.3, 0.4) is 0 Å². The minimum absolute atomic E-state index is 0.0168. The zero-order valence-corrected chi connectivity index (χ0v) is 23.4. The molecule has 1 aromatic carbocycles. The molecule has 5 rings (SSSR count). The summed E-state index contributed by atoms with van der Waals surface area (Å²) < 4.78 is 41.1. The van der Waals surface area contributed by atoms with E-state index in [1.165, 1.54) is 33.4 Å². The van der Waals surface area contributed by atoms with Crippen molar-refractivity contribution in [3.63, 3.8) is 0 Å². The molecule has 0 aliphatic carbocycles. The molecule has 0 bridgehead atoms. The van der Waals surface area contributed by atoms with Crippen LogP contribution in [0, 0.1) is 11.8 Å². The summed E-state index contributed by atoms with van der Waals surface area (Å²) in [6.45, 7) is 6.53. The Morgan fingerprint density at radius 1 is 0.947 bits per heavy atom. The van der Waals surface area contributed by atoms with E-state index in [0.717, 1.165) is 38.4 Å². The lowest BCUT2D eigenvalue weighted by molar-refractivity contribution is -0.179. The number of rotatable bonds is 9. The molecule has 1 spiro atoms. The van der Waals surface area contributed by atoms with Crippen LogP contribution < -0.4 is 5.32 Å². The van der Waals surface area contributed by atoms with Gasteiger partial charge in [-0.25, -0.2) is 0 Å². The van der Waals surface area contributed by atoms with Gasteiger partial charge < -0.3 is 19.7 Å². The van der Waals surface area contributed by atoms with Gasteiger partial charge in [0, 0.05) is 45.6 Å². The molecule has 4 aliphatic heterocycles. The van der Waals surface area contributed by atoms with Crippen molar-refractivity contribution in [2.24, 2.45) is 11.8 Å². The largest absolute Gasteiger partial charge is 0.356 e. The molecule has 10 heteroatoms. The highest BCUT2D eigenvalue weighted by atomic mass is 32.2. The van der Waals surface area contributed by atoms with E-state index < -0.39 is 16.0 Å². The van der Waals surface area contributed by atoms with E-state index >= 15 is 0 Å². The second-order valence-corrected chi connectivity index (χ2v) is 13.3. The number of carbonyl (C=O) groups excluding carboxylic acids is 1. The minimum Gasteiger partial charge on any atom is -0.356 e. The molecular weight excluding hydrogens is 504 g/mol. The molecular formula is C28H44N4O5S. The van der Waals surface area contributed by atoms with Crippen LogP contribution in [0.2, 0.25) is 0 Å². The van der Waals surface area contributed by atoms with Crippen molar-refractivity contribution in [1.82, 2.24) is 18.8 Å². The first kappa shape index (κ1) is 28.0. The molecule has 9 nitrogen and oxygen atoms in total. The molecule has 1 amide bonds. The van der Waals surface area contributed by atoms with Crippen LogP contribution in [0.1, 0.15) is 50.5 Å². The summed E-state index contributed by atoms with van der Waals surface area (Å²) in [4.78, 5) is 15.4. The third kappa shape index (κ3) is 6.95. The number of amides is 1. The van der Waals surface area contributed by atoms with Crippen molar-refractivity contribution in [1.29, 1.82) is 0 Å². The first-order valence-electron chi connectivity index (χ1n) is 14.5. The Balaban J connectivity index is 0.994. The predicted octanol–water partition coefficient (Wildman–Crippen LogP) is 2.24. The minimum atomic E-state index is -3.59. The van der Waals surface area contributed by atoms with Gasteiger partial charge in [-0.15, -0.1) is 0 Å². The van der Waals surface area contributed by atoms with Crippen LogP contribution in [0.15, 0.2) is 30.3 Å². The Labute approximate surface area is 228 Å². The van der Waals surface area contributed by atoms with Crippen molar-refractivity contribution in [2.75, 3.05) is 65.6 Å². The molecule has 4 aliphatic rings. The number of likely N-dealkylation sites (tertiary alicyclic amines) is 1. The van der Waals surface area contributed by atoms with Gasteiger partial charge in [-0.2, -0.15) is 17.0 Å². The zero-order chi connectivity index (χ0) is 26.4. The molecule has 1 atom stereocenters. The summed E-state index contributed by atoms with van der Waals surface area (Å²) in [5, 5.41) is 3.08. The van der Waals surface area contributed by atoms with Gasteiger partial charge in [0.25, 0.3) is 10.2 Å². The third-order valence-electron chi connectivity index (χ3n) is 8.73. The average molecular weight is 549 g/mol. The summed E-state index contributed by atoms with van der Waals surface area (Å²) >= 11 is 0. The zero-order valence-electron chi connectivity index (χ0n) is 22.6. The highest BCUT2D eigenvalue weighted by Gasteiger charge is 2.44. The van der Waals surface area contributed by atoms with Crippen LogP contribution in [0.4, 0.5) is 0 Å². The Bertz CT molecular complexity index is 999. The Morgan fingerprint density at radius 2 is 1.66 bits per heavy atom. The topological polar surface area (TPSA) is 91.4 Å². The van der Waals surface area contributed by atoms with E-state index in [1.807, 2.05) is 0 Å². The van der Waals surface area contributed by atoms with Crippen LogP contribution in [0.5, 0.6) is 0 Å². The number of hydrogen-bond acceptors (Lipinski definition) is 6. The lowest BCUT2D eigenvalue weighted by atomic mass is 9.90. The fourth-order valence-corrected chi connectivity index (χ4v) is 8.09. The van der Waals surface area contributed by atoms with Gasteiger partial charge in [0.05, 0.1) is 19.1 Å². The predicted molar refractivity (Wildman–Crippen MR) is 146 cm³/mol. The van der Waals surface area contributed by atoms with E-state index in [1.54, 1.807) is 0 Å². The number of piperidine rings is 3. The molecule has 1 aromatic rings. The van der Waals surface area contributed by atoms with E-state index in [-0.39, 0.29) is 18.4 Å². The van der Waals surface area contributed by atoms with Crippen molar-refractivity contribution < 1.29 is 22.7 Å². The van der Waals surface area contributed by atoms with Crippen LogP contribution in [0.25, 0.3) is 0 Å². The van der Waals surface area contributed by atoms with Crippen molar-refractivity contribution in [3.05, 3.63) is 35.9 Å². The summed E-state index contributed by atoms with van der Waals surface area (Å²) in [5.74, 6) is -0.148. The fraction of sp³-hybridized carbons (Fsp3) is 0.750. The molecule has 4 saturated heterocycles. The molecule has 4 fully saturated rings. The number of hydrogen-bond donors (Lipinski definition) is 1. The molecule has 0 aromatic heterocycles. The van der Waals surface area contributed by atoms with Crippen molar-refractivity contribution in [3.8, 4) is 0 Å². The van der Waals surface area contributed by atoms with Crippen molar-refractivity contribution >= 4 is 16.1 Å². The second kappa shape index (κ2) is 12.7. The first-order valence-corrected chi connectivity index (χ1v) is 15.9. The lowest BCUT2D eigenvalue weighted by Gasteiger charge is -2.40. The monoisotopic (exact) mass is 548 g/mol. The van der Waals surface area contributed by atoms with Gasteiger partial charge in [0.1, 0.15) is 0 Å². The van der Waals surface area contributed by atoms with Gasteiger partial charge in [0.15, 0.2) is 5.79 Å². The van der Waals surface area contributed by atoms with Crippen molar-refractivity contribution in [2.45, 2.75) is 57.2 Å². The Morgan fingerprint density at radius 3 is 2.37 bits per heavy atom. The number of nitrogens with zero attached hydrogens (tertiary/aromatic N) is 3. The average Bonchev–Trinajstić information content (AvgIpc) is 3.40.